The fraction of sp³-hybridized carbons (Fsp3) is 0.444. The molecule has 0 bridgehead atoms. The molecule has 1 N–H and O–H groups in total. The average Bonchev–Trinajstić information content (AvgIpc) is 2.92. The Morgan fingerprint density at radius 1 is 1.08 bits per heavy atom. The second kappa shape index (κ2) is 7.32. The molecule has 1 aliphatic heterocycles. The van der Waals surface area contributed by atoms with Crippen LogP contribution in [0.1, 0.15) is 22.6 Å². The van der Waals surface area contributed by atoms with Crippen molar-refractivity contribution in [3.8, 4) is 0 Å². The predicted octanol–water partition coefficient (Wildman–Crippen LogP) is 3.11. The molecule has 3 rings (SSSR count). The zero-order chi connectivity index (χ0) is 17.1. The summed E-state index contributed by atoms with van der Waals surface area (Å²) in [5, 5.41) is 8.24. The molecule has 2 aromatic rings. The molecule has 1 aliphatic rings. The van der Waals surface area contributed by atoms with Gasteiger partial charge in [-0.2, -0.15) is 0 Å². The van der Waals surface area contributed by atoms with E-state index in [9.17, 15) is 0 Å². The van der Waals surface area contributed by atoms with E-state index in [1.807, 2.05) is 13.0 Å². The third-order valence-corrected chi connectivity index (χ3v) is 4.56. The predicted molar refractivity (Wildman–Crippen MR) is 100 cm³/mol. The monoisotopic (exact) mass is 344 g/mol. The van der Waals surface area contributed by atoms with Crippen LogP contribution in [0, 0.1) is 20.8 Å². The van der Waals surface area contributed by atoms with Gasteiger partial charge in [0.15, 0.2) is 5.11 Å². The van der Waals surface area contributed by atoms with Crippen LogP contribution in [-0.4, -0.2) is 46.2 Å². The van der Waals surface area contributed by atoms with E-state index in [0.717, 1.165) is 55.0 Å². The van der Waals surface area contributed by atoms with E-state index in [2.05, 4.69) is 52.3 Å². The Kier molecular flexibility index (Phi) is 5.16. The van der Waals surface area contributed by atoms with Crippen molar-refractivity contribution in [1.82, 2.24) is 15.0 Å². The molecule has 5 nitrogen and oxygen atoms in total. The van der Waals surface area contributed by atoms with Gasteiger partial charge >= 0.3 is 0 Å². The van der Waals surface area contributed by atoms with Crippen molar-refractivity contribution in [2.75, 3.05) is 31.5 Å². The lowest BCUT2D eigenvalue weighted by Crippen LogP contribution is -2.49. The van der Waals surface area contributed by atoms with Crippen molar-refractivity contribution >= 4 is 23.0 Å². The van der Waals surface area contributed by atoms with Crippen LogP contribution >= 0.6 is 12.2 Å². The van der Waals surface area contributed by atoms with Gasteiger partial charge in [0.2, 0.25) is 0 Å². The molecule has 0 saturated carbocycles. The number of hydrogen-bond acceptors (Lipinski definition) is 4. The van der Waals surface area contributed by atoms with Gasteiger partial charge in [0.25, 0.3) is 0 Å². The molecule has 6 heteroatoms. The van der Waals surface area contributed by atoms with Crippen LogP contribution in [-0.2, 0) is 6.54 Å². The maximum Gasteiger partial charge on any atom is 0.173 e. The Morgan fingerprint density at radius 3 is 2.33 bits per heavy atom. The zero-order valence-corrected chi connectivity index (χ0v) is 15.3. The Labute approximate surface area is 148 Å². The van der Waals surface area contributed by atoms with Gasteiger partial charge < -0.3 is 14.7 Å². The Morgan fingerprint density at radius 2 is 1.75 bits per heavy atom. The van der Waals surface area contributed by atoms with Crippen molar-refractivity contribution < 1.29 is 4.52 Å². The lowest BCUT2D eigenvalue weighted by Gasteiger charge is -2.35. The van der Waals surface area contributed by atoms with Gasteiger partial charge in [-0.05, 0) is 56.2 Å². The minimum atomic E-state index is 0.803. The first-order valence-electron chi connectivity index (χ1n) is 8.28. The fourth-order valence-corrected chi connectivity index (χ4v) is 3.38. The van der Waals surface area contributed by atoms with Gasteiger partial charge in [-0.3, -0.25) is 4.90 Å². The summed E-state index contributed by atoms with van der Waals surface area (Å²) in [6.07, 6.45) is 0. The highest BCUT2D eigenvalue weighted by Gasteiger charge is 2.20. The summed E-state index contributed by atoms with van der Waals surface area (Å²) in [5.41, 5.74) is 4.55. The maximum atomic E-state index is 5.58. The van der Waals surface area contributed by atoms with Crippen molar-refractivity contribution in [3.05, 3.63) is 46.8 Å². The lowest BCUT2D eigenvalue weighted by molar-refractivity contribution is 0.173. The van der Waals surface area contributed by atoms with Crippen LogP contribution in [0.2, 0.25) is 0 Å². The van der Waals surface area contributed by atoms with E-state index in [4.69, 9.17) is 16.7 Å². The molecule has 128 valence electrons. The van der Waals surface area contributed by atoms with Gasteiger partial charge in [0, 0.05) is 44.5 Å². The first-order chi connectivity index (χ1) is 11.5. The summed E-state index contributed by atoms with van der Waals surface area (Å²) in [6, 6.07) is 8.42. The first kappa shape index (κ1) is 16.9. The largest absolute Gasteiger partial charge is 0.361 e. The van der Waals surface area contributed by atoms with Crippen LogP contribution in [0.15, 0.2) is 28.8 Å². The molecule has 0 atom stereocenters. The first-order valence-corrected chi connectivity index (χ1v) is 8.69. The average molecular weight is 344 g/mol. The quantitative estimate of drug-likeness (QED) is 0.863. The molecule has 1 fully saturated rings. The van der Waals surface area contributed by atoms with E-state index in [1.165, 1.54) is 11.1 Å². The fourth-order valence-electron chi connectivity index (χ4n) is 3.08. The Bertz CT molecular complexity index is 699. The highest BCUT2D eigenvalue weighted by molar-refractivity contribution is 7.80. The summed E-state index contributed by atoms with van der Waals surface area (Å²) >= 11 is 5.58. The van der Waals surface area contributed by atoms with Crippen LogP contribution in [0.25, 0.3) is 0 Å². The molecule has 24 heavy (non-hydrogen) atoms. The minimum absolute atomic E-state index is 0.803. The number of thiocarbonyl (C=S) groups is 1. The van der Waals surface area contributed by atoms with Gasteiger partial charge in [-0.1, -0.05) is 11.2 Å². The van der Waals surface area contributed by atoms with Gasteiger partial charge in [-0.15, -0.1) is 0 Å². The van der Waals surface area contributed by atoms with Gasteiger partial charge in [0.05, 0.1) is 5.69 Å². The number of aryl methyl sites for hydroxylation is 3. The van der Waals surface area contributed by atoms with E-state index < -0.39 is 0 Å². The molecular weight excluding hydrogens is 320 g/mol. The summed E-state index contributed by atoms with van der Waals surface area (Å²) in [4.78, 5) is 4.62. The van der Waals surface area contributed by atoms with Gasteiger partial charge in [0.1, 0.15) is 5.76 Å². The highest BCUT2D eigenvalue weighted by Crippen LogP contribution is 2.15. The molecule has 0 aliphatic carbocycles. The molecular formula is C18H24N4OS. The number of anilines is 1. The van der Waals surface area contributed by atoms with Crippen molar-refractivity contribution in [1.29, 1.82) is 0 Å². The molecule has 0 unspecified atom stereocenters. The number of benzene rings is 1. The van der Waals surface area contributed by atoms with Crippen LogP contribution < -0.4 is 5.32 Å². The summed E-state index contributed by atoms with van der Waals surface area (Å²) in [7, 11) is 0. The number of nitrogens with zero attached hydrogens (tertiary/aromatic N) is 3. The maximum absolute atomic E-state index is 5.58. The zero-order valence-electron chi connectivity index (χ0n) is 14.5. The summed E-state index contributed by atoms with van der Waals surface area (Å²) in [5.74, 6) is 0.863. The Hall–Kier alpha value is -1.92. The van der Waals surface area contributed by atoms with Crippen molar-refractivity contribution in [2.45, 2.75) is 27.3 Å². The molecule has 1 aromatic heterocycles. The topological polar surface area (TPSA) is 44.5 Å². The second-order valence-corrected chi connectivity index (χ2v) is 6.89. The minimum Gasteiger partial charge on any atom is -0.361 e. The number of hydrogen-bond donors (Lipinski definition) is 1. The SMILES string of the molecule is Cc1cc(C)cc(NC(=S)N2CCN(Cc3cc(C)on3)CC2)c1. The third kappa shape index (κ3) is 4.33. The highest BCUT2D eigenvalue weighted by atomic mass is 32.1. The molecule has 0 amide bonds. The van der Waals surface area contributed by atoms with Crippen LogP contribution in [0.5, 0.6) is 0 Å². The Balaban J connectivity index is 1.51. The molecule has 0 spiro atoms. The van der Waals surface area contributed by atoms with E-state index in [-0.39, 0.29) is 0 Å². The smallest absolute Gasteiger partial charge is 0.173 e. The van der Waals surface area contributed by atoms with Gasteiger partial charge in [-0.25, -0.2) is 0 Å². The summed E-state index contributed by atoms with van der Waals surface area (Å²) in [6.45, 7) is 10.8. The molecule has 1 aromatic carbocycles. The lowest BCUT2D eigenvalue weighted by atomic mass is 10.1. The third-order valence-electron chi connectivity index (χ3n) is 4.19. The van der Waals surface area contributed by atoms with Crippen LogP contribution in [0.3, 0.4) is 0 Å². The van der Waals surface area contributed by atoms with Crippen molar-refractivity contribution in [2.24, 2.45) is 0 Å². The molecule has 0 radical (unpaired) electrons. The second-order valence-electron chi connectivity index (χ2n) is 6.50. The standard InChI is InChI=1S/C18H24N4OS/c1-13-8-14(2)10-16(9-13)19-18(24)22-6-4-21(5-7-22)12-17-11-15(3)23-20-17/h8-11H,4-7,12H2,1-3H3,(H,19,24). The normalized spacial score (nSPS) is 15.5. The number of piperazine rings is 1. The number of aromatic nitrogens is 1. The van der Waals surface area contributed by atoms with Crippen LogP contribution in [0.4, 0.5) is 5.69 Å². The van der Waals surface area contributed by atoms with E-state index in [1.54, 1.807) is 0 Å². The summed E-state index contributed by atoms with van der Waals surface area (Å²) < 4.78 is 5.13. The van der Waals surface area contributed by atoms with E-state index >= 15 is 0 Å². The molecule has 2 heterocycles. The number of rotatable bonds is 3. The molecule has 1 saturated heterocycles. The number of nitrogens with one attached hydrogen (secondary N) is 1. The van der Waals surface area contributed by atoms with E-state index in [0.29, 0.717) is 0 Å². The van der Waals surface area contributed by atoms with Crippen molar-refractivity contribution in [3.63, 3.8) is 0 Å².